The van der Waals surface area contributed by atoms with Crippen LogP contribution < -0.4 is 16.6 Å². The van der Waals surface area contributed by atoms with Crippen molar-refractivity contribution in [2.45, 2.75) is 18.1 Å². The van der Waals surface area contributed by atoms with Crippen molar-refractivity contribution in [1.29, 1.82) is 0 Å². The van der Waals surface area contributed by atoms with Gasteiger partial charge in [-0.25, -0.2) is 10.8 Å². The molecule has 1 aromatic heterocycles. The zero-order valence-corrected chi connectivity index (χ0v) is 9.26. The Hall–Kier alpha value is -1.01. The summed E-state index contributed by atoms with van der Waals surface area (Å²) >= 11 is 2.02. The van der Waals surface area contributed by atoms with Crippen LogP contribution in [-0.2, 0) is 0 Å². The van der Waals surface area contributed by atoms with Gasteiger partial charge in [-0.05, 0) is 18.6 Å². The lowest BCUT2D eigenvalue weighted by atomic mass is 10.2. The molecule has 1 fully saturated rings. The van der Waals surface area contributed by atoms with E-state index in [1.807, 2.05) is 11.8 Å². The lowest BCUT2D eigenvalue weighted by molar-refractivity contribution is 0.803. The molecule has 0 spiro atoms. The summed E-state index contributed by atoms with van der Waals surface area (Å²) in [5.41, 5.74) is 2.48. The second-order valence-electron chi connectivity index (χ2n) is 3.45. The van der Waals surface area contributed by atoms with E-state index in [2.05, 4.69) is 20.7 Å². The van der Waals surface area contributed by atoms with Gasteiger partial charge in [-0.2, -0.15) is 11.8 Å². The van der Waals surface area contributed by atoms with Gasteiger partial charge in [0.1, 0.15) is 5.82 Å². The molecule has 5 nitrogen and oxygen atoms in total. The fraction of sp³-hybridized carbons (Fsp3) is 0.556. The summed E-state index contributed by atoms with van der Waals surface area (Å²) in [7, 11) is 0. The normalized spacial score (nSPS) is 20.2. The first-order valence-electron chi connectivity index (χ1n) is 5.02. The SMILES string of the molecule is NNc1cncc(NCC2CCCS2)n1. The summed E-state index contributed by atoms with van der Waals surface area (Å²) < 4.78 is 0. The number of nitrogens with zero attached hydrogens (tertiary/aromatic N) is 2. The number of nitrogens with one attached hydrogen (secondary N) is 2. The fourth-order valence-corrected chi connectivity index (χ4v) is 2.75. The maximum absolute atomic E-state index is 5.25. The van der Waals surface area contributed by atoms with Crippen molar-refractivity contribution in [2.24, 2.45) is 5.84 Å². The summed E-state index contributed by atoms with van der Waals surface area (Å²) in [5, 5.41) is 3.98. The highest BCUT2D eigenvalue weighted by molar-refractivity contribution is 8.00. The summed E-state index contributed by atoms with van der Waals surface area (Å²) in [5.74, 6) is 7.89. The van der Waals surface area contributed by atoms with Gasteiger partial charge in [-0.15, -0.1) is 0 Å². The van der Waals surface area contributed by atoms with Gasteiger partial charge >= 0.3 is 0 Å². The molecule has 2 rings (SSSR count). The Balaban J connectivity index is 1.86. The molecule has 0 amide bonds. The summed E-state index contributed by atoms with van der Waals surface area (Å²) in [4.78, 5) is 8.26. The highest BCUT2D eigenvalue weighted by Crippen LogP contribution is 2.26. The fourth-order valence-electron chi connectivity index (χ4n) is 1.54. The minimum absolute atomic E-state index is 0.582. The molecule has 82 valence electrons. The molecule has 1 aromatic rings. The number of rotatable bonds is 4. The highest BCUT2D eigenvalue weighted by atomic mass is 32.2. The van der Waals surface area contributed by atoms with Gasteiger partial charge in [-0.3, -0.25) is 4.98 Å². The van der Waals surface area contributed by atoms with Crippen LogP contribution in [0.3, 0.4) is 0 Å². The number of nitrogen functional groups attached to an aromatic ring is 1. The van der Waals surface area contributed by atoms with E-state index in [-0.39, 0.29) is 0 Å². The Labute approximate surface area is 93.2 Å². The number of anilines is 2. The zero-order chi connectivity index (χ0) is 10.5. The summed E-state index contributed by atoms with van der Waals surface area (Å²) in [6.07, 6.45) is 5.92. The first-order chi connectivity index (χ1) is 7.38. The van der Waals surface area contributed by atoms with Crippen LogP contribution in [0, 0.1) is 0 Å². The monoisotopic (exact) mass is 225 g/mol. The number of hydrogen-bond donors (Lipinski definition) is 3. The summed E-state index contributed by atoms with van der Waals surface area (Å²) in [6, 6.07) is 0. The number of hydrazine groups is 1. The van der Waals surface area contributed by atoms with E-state index in [9.17, 15) is 0 Å². The molecule has 0 bridgehead atoms. The number of thioether (sulfide) groups is 1. The summed E-state index contributed by atoms with van der Waals surface area (Å²) in [6.45, 7) is 0.952. The first kappa shape index (κ1) is 10.5. The lowest BCUT2D eigenvalue weighted by Gasteiger charge is -2.10. The molecular weight excluding hydrogens is 210 g/mol. The quantitative estimate of drug-likeness (QED) is 0.525. The minimum atomic E-state index is 0.582. The molecule has 0 aromatic carbocycles. The van der Waals surface area contributed by atoms with Gasteiger partial charge in [-0.1, -0.05) is 0 Å². The van der Waals surface area contributed by atoms with Gasteiger partial charge in [0.05, 0.1) is 12.4 Å². The van der Waals surface area contributed by atoms with E-state index in [1.54, 1.807) is 12.4 Å². The second kappa shape index (κ2) is 5.18. The smallest absolute Gasteiger partial charge is 0.160 e. The average Bonchev–Trinajstić information content (AvgIpc) is 2.79. The molecule has 2 heterocycles. The van der Waals surface area contributed by atoms with Crippen LogP contribution in [0.15, 0.2) is 12.4 Å². The molecular formula is C9H15N5S. The average molecular weight is 225 g/mol. The van der Waals surface area contributed by atoms with Crippen molar-refractivity contribution in [3.8, 4) is 0 Å². The molecule has 1 aliphatic rings. The van der Waals surface area contributed by atoms with E-state index in [1.165, 1.54) is 18.6 Å². The van der Waals surface area contributed by atoms with Crippen LogP contribution >= 0.6 is 11.8 Å². The molecule has 6 heteroatoms. The largest absolute Gasteiger partial charge is 0.368 e. The van der Waals surface area contributed by atoms with Crippen molar-refractivity contribution in [3.63, 3.8) is 0 Å². The van der Waals surface area contributed by atoms with Crippen LogP contribution in [0.1, 0.15) is 12.8 Å². The van der Waals surface area contributed by atoms with E-state index in [4.69, 9.17) is 5.84 Å². The number of hydrogen-bond acceptors (Lipinski definition) is 6. The maximum atomic E-state index is 5.25. The molecule has 0 aliphatic carbocycles. The van der Waals surface area contributed by atoms with Gasteiger partial charge < -0.3 is 10.7 Å². The van der Waals surface area contributed by atoms with Crippen molar-refractivity contribution in [2.75, 3.05) is 23.0 Å². The number of aromatic nitrogens is 2. The molecule has 1 atom stereocenters. The first-order valence-corrected chi connectivity index (χ1v) is 6.07. The standard InChI is InChI=1S/C9H15N5S/c10-14-9-6-11-5-8(13-9)12-4-7-2-1-3-15-7/h5-7H,1-4,10H2,(H2,12,13,14). The third-order valence-electron chi connectivity index (χ3n) is 2.32. The molecule has 0 saturated carbocycles. The van der Waals surface area contributed by atoms with Crippen molar-refractivity contribution in [3.05, 3.63) is 12.4 Å². The van der Waals surface area contributed by atoms with Crippen LogP contribution in [0.5, 0.6) is 0 Å². The van der Waals surface area contributed by atoms with Gasteiger partial charge in [0.15, 0.2) is 5.82 Å². The molecule has 1 aliphatic heterocycles. The molecule has 1 saturated heterocycles. The van der Waals surface area contributed by atoms with E-state index >= 15 is 0 Å². The topological polar surface area (TPSA) is 75.9 Å². The zero-order valence-electron chi connectivity index (χ0n) is 8.44. The van der Waals surface area contributed by atoms with Crippen molar-refractivity contribution in [1.82, 2.24) is 9.97 Å². The Morgan fingerprint density at radius 3 is 3.07 bits per heavy atom. The second-order valence-corrected chi connectivity index (χ2v) is 4.86. The molecule has 4 N–H and O–H groups in total. The number of nitrogens with two attached hydrogens (primary N) is 1. The van der Waals surface area contributed by atoms with Crippen molar-refractivity contribution >= 4 is 23.4 Å². The van der Waals surface area contributed by atoms with Crippen LogP contribution in [0.25, 0.3) is 0 Å². The Kier molecular flexibility index (Phi) is 3.63. The van der Waals surface area contributed by atoms with E-state index < -0.39 is 0 Å². The van der Waals surface area contributed by atoms with E-state index in [0.717, 1.165) is 12.4 Å². The van der Waals surface area contributed by atoms with Gasteiger partial charge in [0.25, 0.3) is 0 Å². The van der Waals surface area contributed by atoms with Gasteiger partial charge in [0, 0.05) is 11.8 Å². The predicted octanol–water partition coefficient (Wildman–Crippen LogP) is 1.07. The minimum Gasteiger partial charge on any atom is -0.368 e. The molecule has 0 radical (unpaired) electrons. The third-order valence-corrected chi connectivity index (χ3v) is 3.72. The van der Waals surface area contributed by atoms with Gasteiger partial charge in [0.2, 0.25) is 0 Å². The third kappa shape index (κ3) is 2.97. The maximum Gasteiger partial charge on any atom is 0.160 e. The van der Waals surface area contributed by atoms with E-state index in [0.29, 0.717) is 11.1 Å². The highest BCUT2D eigenvalue weighted by Gasteiger charge is 2.15. The molecule has 1 unspecified atom stereocenters. The van der Waals surface area contributed by atoms with Crippen molar-refractivity contribution < 1.29 is 0 Å². The van der Waals surface area contributed by atoms with Crippen LogP contribution in [-0.4, -0.2) is 27.5 Å². The Morgan fingerprint density at radius 2 is 2.33 bits per heavy atom. The Morgan fingerprint density at radius 1 is 1.47 bits per heavy atom. The Bertz CT molecular complexity index is 313. The molecule has 15 heavy (non-hydrogen) atoms. The van der Waals surface area contributed by atoms with Crippen LogP contribution in [0.2, 0.25) is 0 Å². The van der Waals surface area contributed by atoms with Crippen LogP contribution in [0.4, 0.5) is 11.6 Å². The lowest BCUT2D eigenvalue weighted by Crippen LogP contribution is -2.16. The predicted molar refractivity (Wildman–Crippen MR) is 63.8 cm³/mol.